The van der Waals surface area contributed by atoms with Crippen LogP contribution in [0.5, 0.6) is 11.5 Å². The molecule has 0 unspecified atom stereocenters. The zero-order chi connectivity index (χ0) is 38.7. The maximum absolute atomic E-state index is 13.2. The summed E-state index contributed by atoms with van der Waals surface area (Å²) in [4.78, 5) is 53.8. The van der Waals surface area contributed by atoms with E-state index in [0.29, 0.717) is 63.8 Å². The van der Waals surface area contributed by atoms with Gasteiger partial charge in [0.15, 0.2) is 0 Å². The zero-order valence-corrected chi connectivity index (χ0v) is 32.1. The highest BCUT2D eigenvalue weighted by atomic mass is 35.5. The minimum Gasteiger partial charge on any atom is -0.480 e. The van der Waals surface area contributed by atoms with Crippen molar-refractivity contribution in [3.05, 3.63) is 99.9 Å². The van der Waals surface area contributed by atoms with Gasteiger partial charge in [0.05, 0.1) is 22.3 Å². The molecule has 2 amide bonds. The third-order valence-electron chi connectivity index (χ3n) is 7.76. The highest BCUT2D eigenvalue weighted by Crippen LogP contribution is 2.32. The zero-order valence-electron chi connectivity index (χ0n) is 29.7. The van der Waals surface area contributed by atoms with Crippen molar-refractivity contribution in [2.45, 2.75) is 70.7 Å². The molecule has 0 aliphatic carbocycles. The number of nitrogens with zero attached hydrogens (tertiary/aromatic N) is 2. The Hall–Kier alpha value is -4.72. The fourth-order valence-electron chi connectivity index (χ4n) is 5.27. The molecule has 3 aromatic carbocycles. The lowest BCUT2D eigenvalue weighted by Crippen LogP contribution is -2.41. The summed E-state index contributed by atoms with van der Waals surface area (Å²) in [6.45, 7) is 5.60. The van der Waals surface area contributed by atoms with Crippen molar-refractivity contribution in [3.63, 3.8) is 0 Å². The van der Waals surface area contributed by atoms with Crippen molar-refractivity contribution in [2.75, 3.05) is 12.0 Å². The molecular weight excluding hydrogens is 743 g/mol. The second-order valence-corrected chi connectivity index (χ2v) is 15.0. The predicted molar refractivity (Wildman–Crippen MR) is 205 cm³/mol. The predicted octanol–water partition coefficient (Wildman–Crippen LogP) is 8.26. The molecule has 4 aromatic rings. The van der Waals surface area contributed by atoms with Gasteiger partial charge < -0.3 is 34.9 Å². The molecule has 0 saturated carbocycles. The molecule has 53 heavy (non-hydrogen) atoms. The normalized spacial score (nSPS) is 12.4. The number of carbonyl (C=O) groups excluding carboxylic acids is 2. The molecule has 1 heterocycles. The molecule has 0 fully saturated rings. The number of benzene rings is 3. The number of carboxylic acid groups (broad SMARTS) is 2. The second-order valence-electron chi connectivity index (χ2n) is 13.1. The van der Waals surface area contributed by atoms with Gasteiger partial charge in [-0.1, -0.05) is 35.3 Å². The molecule has 0 aliphatic rings. The third kappa shape index (κ3) is 12.7. The van der Waals surface area contributed by atoms with E-state index in [-0.39, 0.29) is 24.3 Å². The average molecular weight is 786 g/mol. The Kier molecular flexibility index (Phi) is 14.6. The summed E-state index contributed by atoms with van der Waals surface area (Å²) in [5, 5.41) is 25.1. The molecule has 15 heteroatoms. The summed E-state index contributed by atoms with van der Waals surface area (Å²) < 4.78 is 13.4. The maximum atomic E-state index is 13.2. The van der Waals surface area contributed by atoms with Crippen LogP contribution >= 0.6 is 35.0 Å². The van der Waals surface area contributed by atoms with E-state index in [1.165, 1.54) is 23.9 Å². The van der Waals surface area contributed by atoms with Gasteiger partial charge in [0, 0.05) is 36.2 Å². The number of aryl methyl sites for hydroxylation is 1. The van der Waals surface area contributed by atoms with E-state index in [0.717, 1.165) is 5.56 Å². The van der Waals surface area contributed by atoms with Gasteiger partial charge in [0.2, 0.25) is 5.91 Å². The summed E-state index contributed by atoms with van der Waals surface area (Å²) in [6.07, 6.45) is 4.00. The van der Waals surface area contributed by atoms with Gasteiger partial charge in [0.25, 0.3) is 0 Å². The first kappa shape index (κ1) is 41.0. The lowest BCUT2D eigenvalue weighted by atomic mass is 10.0. The molecule has 0 radical (unpaired) electrons. The molecule has 0 aliphatic heterocycles. The number of hydrogen-bond donors (Lipinski definition) is 4. The number of nitrogens with one attached hydrogen (secondary N) is 2. The molecule has 1 aromatic heterocycles. The molecule has 0 saturated heterocycles. The second kappa shape index (κ2) is 18.9. The number of carboxylic acids is 2. The van der Waals surface area contributed by atoms with Crippen LogP contribution in [-0.4, -0.2) is 67.4 Å². The Morgan fingerprint density at radius 2 is 1.60 bits per heavy atom. The van der Waals surface area contributed by atoms with Gasteiger partial charge in [0.1, 0.15) is 29.0 Å². The standard InChI is InChI=1S/C38H42Cl2N4O8S/c1-38(2,3)52-37(50)43-31(20-23-7-12-26(13-8-23)51-27-14-9-24(10-15-27)35(46)47)34-42-32(28-16-11-25(39)21-29(28)40)22-44(34)18-5-6-33(45)41-30(36(48)49)17-19-53-4/h7-16,21-22,30-31H,5-6,17-20H2,1-4H3,(H,41,45)(H,43,50)(H,46,47)(H,48,49)/t30-,31-/m0/s1. The molecule has 0 spiro atoms. The van der Waals surface area contributed by atoms with Crippen LogP contribution in [0.25, 0.3) is 11.3 Å². The average Bonchev–Trinajstić information content (AvgIpc) is 3.50. The minimum atomic E-state index is -1.08. The summed E-state index contributed by atoms with van der Waals surface area (Å²) in [7, 11) is 0. The van der Waals surface area contributed by atoms with Crippen molar-refractivity contribution < 1.29 is 38.9 Å². The molecule has 2 atom stereocenters. The van der Waals surface area contributed by atoms with Crippen LogP contribution in [0.1, 0.15) is 67.8 Å². The monoisotopic (exact) mass is 784 g/mol. The molecule has 12 nitrogen and oxygen atoms in total. The van der Waals surface area contributed by atoms with Gasteiger partial charge in [-0.25, -0.2) is 19.4 Å². The number of carbonyl (C=O) groups is 4. The van der Waals surface area contributed by atoms with Crippen LogP contribution in [0.2, 0.25) is 10.0 Å². The third-order valence-corrected chi connectivity index (χ3v) is 8.96. The van der Waals surface area contributed by atoms with Crippen LogP contribution in [0.4, 0.5) is 4.79 Å². The van der Waals surface area contributed by atoms with Crippen molar-refractivity contribution in [2.24, 2.45) is 0 Å². The maximum Gasteiger partial charge on any atom is 0.408 e. The Labute approximate surface area is 322 Å². The van der Waals surface area contributed by atoms with Crippen LogP contribution in [0.3, 0.4) is 0 Å². The number of halogens is 2. The molecular formula is C38H42Cl2N4O8S. The summed E-state index contributed by atoms with van der Waals surface area (Å²) >= 11 is 14.3. The number of aromatic carboxylic acids is 1. The number of aliphatic carboxylic acids is 1. The highest BCUT2D eigenvalue weighted by Gasteiger charge is 2.26. The summed E-state index contributed by atoms with van der Waals surface area (Å²) in [5.41, 5.74) is 1.33. The number of imidazole rings is 1. The van der Waals surface area contributed by atoms with E-state index >= 15 is 0 Å². The summed E-state index contributed by atoms with van der Waals surface area (Å²) in [6, 6.07) is 16.6. The van der Waals surface area contributed by atoms with E-state index in [4.69, 9.17) is 42.8 Å². The summed E-state index contributed by atoms with van der Waals surface area (Å²) in [5.74, 6) is -0.448. The fourth-order valence-corrected chi connectivity index (χ4v) is 6.25. The molecule has 4 N–H and O–H groups in total. The first-order valence-corrected chi connectivity index (χ1v) is 18.9. The van der Waals surface area contributed by atoms with Crippen molar-refractivity contribution in [1.82, 2.24) is 20.2 Å². The molecule has 282 valence electrons. The minimum absolute atomic E-state index is 0.0579. The van der Waals surface area contributed by atoms with Crippen molar-refractivity contribution in [3.8, 4) is 22.8 Å². The number of rotatable bonds is 17. The largest absolute Gasteiger partial charge is 0.480 e. The smallest absolute Gasteiger partial charge is 0.408 e. The van der Waals surface area contributed by atoms with Crippen molar-refractivity contribution in [1.29, 1.82) is 0 Å². The van der Waals surface area contributed by atoms with E-state index < -0.39 is 35.7 Å². The molecule has 4 rings (SSSR count). The van der Waals surface area contributed by atoms with Gasteiger partial charge in [-0.05, 0) is 106 Å². The van der Waals surface area contributed by atoms with E-state index in [1.54, 1.807) is 69.4 Å². The number of thioether (sulfide) groups is 1. The number of hydrogen-bond acceptors (Lipinski definition) is 8. The van der Waals surface area contributed by atoms with Gasteiger partial charge in [-0.3, -0.25) is 4.79 Å². The van der Waals surface area contributed by atoms with Gasteiger partial charge >= 0.3 is 18.0 Å². The van der Waals surface area contributed by atoms with E-state index in [9.17, 15) is 24.3 Å². The van der Waals surface area contributed by atoms with E-state index in [2.05, 4.69) is 10.6 Å². The topological polar surface area (TPSA) is 169 Å². The first-order valence-electron chi connectivity index (χ1n) is 16.7. The lowest BCUT2D eigenvalue weighted by molar-refractivity contribution is -0.141. The van der Waals surface area contributed by atoms with Crippen molar-refractivity contribution >= 4 is 58.9 Å². The van der Waals surface area contributed by atoms with Crippen LogP contribution in [-0.2, 0) is 27.3 Å². The first-order chi connectivity index (χ1) is 25.1. The Balaban J connectivity index is 1.62. The number of amides is 2. The van der Waals surface area contributed by atoms with Gasteiger partial charge in [-0.15, -0.1) is 0 Å². The fraction of sp³-hybridized carbons (Fsp3) is 0.342. The highest BCUT2D eigenvalue weighted by molar-refractivity contribution is 7.98. The van der Waals surface area contributed by atoms with Gasteiger partial charge in [-0.2, -0.15) is 11.8 Å². The number of aromatic nitrogens is 2. The quantitative estimate of drug-likeness (QED) is 0.0818. The van der Waals surface area contributed by atoms with Crippen LogP contribution in [0, 0.1) is 0 Å². The van der Waals surface area contributed by atoms with Crippen LogP contribution < -0.4 is 15.4 Å². The number of ether oxygens (including phenoxy) is 2. The van der Waals surface area contributed by atoms with E-state index in [1.807, 2.05) is 23.0 Å². The lowest BCUT2D eigenvalue weighted by Gasteiger charge is -2.24. The molecule has 0 bridgehead atoms. The Morgan fingerprint density at radius 3 is 2.19 bits per heavy atom. The Bertz CT molecular complexity index is 1900. The number of alkyl carbamates (subject to hydrolysis) is 1. The van der Waals surface area contributed by atoms with Crippen LogP contribution in [0.15, 0.2) is 72.9 Å². The SMILES string of the molecule is CSCC[C@H](NC(=O)CCCn1cc(-c2ccc(Cl)cc2Cl)nc1[C@H](Cc1ccc(Oc2ccc(C(=O)O)cc2)cc1)NC(=O)OC(C)(C)C)C(=O)O. The Morgan fingerprint density at radius 1 is 0.943 bits per heavy atom.